The van der Waals surface area contributed by atoms with Crippen LogP contribution in [0.1, 0.15) is 17.4 Å². The quantitative estimate of drug-likeness (QED) is 0.840. The highest BCUT2D eigenvalue weighted by molar-refractivity contribution is 5.96. The number of hydrogen-bond donors (Lipinski definition) is 2. The van der Waals surface area contributed by atoms with Gasteiger partial charge in [0.05, 0.1) is 12.3 Å². The van der Waals surface area contributed by atoms with Gasteiger partial charge in [-0.15, -0.1) is 5.10 Å². The number of aromatic nitrogens is 3. The molecule has 7 heteroatoms. The number of nitrogens with zero attached hydrogens (tertiary/aromatic N) is 3. The Hall–Kier alpha value is -2.57. The third kappa shape index (κ3) is 2.49. The number of ether oxygens (including phenoxy) is 1. The summed E-state index contributed by atoms with van der Waals surface area (Å²) < 4.78 is 6.75. The van der Waals surface area contributed by atoms with Gasteiger partial charge in [0, 0.05) is 7.05 Å². The van der Waals surface area contributed by atoms with Crippen LogP contribution in [0.2, 0.25) is 0 Å². The first kappa shape index (κ1) is 12.9. The Morgan fingerprint density at radius 1 is 1.42 bits per heavy atom. The summed E-state index contributed by atoms with van der Waals surface area (Å²) in [7, 11) is 1.51. The first-order chi connectivity index (χ1) is 9.17. The van der Waals surface area contributed by atoms with E-state index in [0.717, 1.165) is 5.75 Å². The molecule has 2 rings (SSSR count). The summed E-state index contributed by atoms with van der Waals surface area (Å²) in [6.07, 6.45) is 0. The Bertz CT molecular complexity index is 576. The second kappa shape index (κ2) is 5.38. The van der Waals surface area contributed by atoms with Crippen LogP contribution in [0.25, 0.3) is 5.69 Å². The fraction of sp³-hybridized carbons (Fsp3) is 0.250. The number of nitrogen functional groups attached to an aromatic ring is 1. The van der Waals surface area contributed by atoms with Crippen molar-refractivity contribution in [2.24, 2.45) is 0 Å². The summed E-state index contributed by atoms with van der Waals surface area (Å²) in [4.78, 5) is 11.5. The van der Waals surface area contributed by atoms with Crippen molar-refractivity contribution in [1.29, 1.82) is 0 Å². The lowest BCUT2D eigenvalue weighted by atomic mass is 10.3. The Morgan fingerprint density at radius 3 is 2.68 bits per heavy atom. The maximum absolute atomic E-state index is 11.5. The van der Waals surface area contributed by atoms with E-state index in [1.54, 1.807) is 24.3 Å². The predicted molar refractivity (Wildman–Crippen MR) is 70.3 cm³/mol. The molecule has 1 heterocycles. The third-order valence-corrected chi connectivity index (χ3v) is 2.54. The summed E-state index contributed by atoms with van der Waals surface area (Å²) in [5, 5.41) is 10.1. The highest BCUT2D eigenvalue weighted by Gasteiger charge is 2.16. The molecule has 7 nitrogen and oxygen atoms in total. The van der Waals surface area contributed by atoms with Gasteiger partial charge in [0.1, 0.15) is 5.75 Å². The maximum atomic E-state index is 11.5. The number of nitrogens with two attached hydrogens (primary N) is 1. The van der Waals surface area contributed by atoms with Gasteiger partial charge in [-0.25, -0.2) is 0 Å². The van der Waals surface area contributed by atoms with Crippen LogP contribution in [0.3, 0.4) is 0 Å². The van der Waals surface area contributed by atoms with E-state index in [-0.39, 0.29) is 17.4 Å². The van der Waals surface area contributed by atoms with Gasteiger partial charge >= 0.3 is 0 Å². The van der Waals surface area contributed by atoms with Gasteiger partial charge in [0.25, 0.3) is 5.91 Å². The van der Waals surface area contributed by atoms with Crippen LogP contribution in [-0.2, 0) is 0 Å². The Balaban J connectivity index is 2.32. The minimum Gasteiger partial charge on any atom is -0.494 e. The van der Waals surface area contributed by atoms with Crippen LogP contribution >= 0.6 is 0 Å². The lowest BCUT2D eigenvalue weighted by Gasteiger charge is -2.05. The normalized spacial score (nSPS) is 10.2. The van der Waals surface area contributed by atoms with Crippen LogP contribution in [0.5, 0.6) is 5.75 Å². The molecule has 0 unspecified atom stereocenters. The van der Waals surface area contributed by atoms with Crippen molar-refractivity contribution in [3.8, 4) is 11.4 Å². The second-order valence-electron chi connectivity index (χ2n) is 3.74. The van der Waals surface area contributed by atoms with Crippen molar-refractivity contribution in [1.82, 2.24) is 20.3 Å². The molecule has 1 aromatic carbocycles. The van der Waals surface area contributed by atoms with Crippen molar-refractivity contribution < 1.29 is 9.53 Å². The van der Waals surface area contributed by atoms with E-state index in [1.165, 1.54) is 11.7 Å². The van der Waals surface area contributed by atoms with Crippen molar-refractivity contribution in [2.75, 3.05) is 19.4 Å². The van der Waals surface area contributed by atoms with E-state index in [9.17, 15) is 4.79 Å². The number of carbonyl (C=O) groups excluding carboxylic acids is 1. The smallest absolute Gasteiger partial charge is 0.275 e. The molecule has 1 aromatic heterocycles. The van der Waals surface area contributed by atoms with E-state index in [2.05, 4.69) is 15.6 Å². The average Bonchev–Trinajstić information content (AvgIpc) is 2.81. The lowest BCUT2D eigenvalue weighted by molar-refractivity contribution is 0.0959. The van der Waals surface area contributed by atoms with E-state index >= 15 is 0 Å². The van der Waals surface area contributed by atoms with Gasteiger partial charge in [0.2, 0.25) is 0 Å². The molecule has 0 radical (unpaired) electrons. The van der Waals surface area contributed by atoms with Gasteiger partial charge in [-0.2, -0.15) is 4.68 Å². The number of anilines is 1. The molecule has 2 aromatic rings. The molecular formula is C12H15N5O2. The maximum Gasteiger partial charge on any atom is 0.275 e. The van der Waals surface area contributed by atoms with Crippen molar-refractivity contribution in [3.63, 3.8) is 0 Å². The van der Waals surface area contributed by atoms with E-state index in [0.29, 0.717) is 12.3 Å². The molecule has 0 atom stereocenters. The Morgan fingerprint density at radius 2 is 2.11 bits per heavy atom. The molecule has 100 valence electrons. The second-order valence-corrected chi connectivity index (χ2v) is 3.74. The van der Waals surface area contributed by atoms with Gasteiger partial charge in [-0.3, -0.25) is 4.79 Å². The van der Waals surface area contributed by atoms with Crippen LogP contribution in [0, 0.1) is 0 Å². The fourth-order valence-corrected chi connectivity index (χ4v) is 1.61. The van der Waals surface area contributed by atoms with Crippen molar-refractivity contribution in [2.45, 2.75) is 6.92 Å². The van der Waals surface area contributed by atoms with Gasteiger partial charge in [-0.05, 0) is 31.2 Å². The first-order valence-electron chi connectivity index (χ1n) is 5.83. The van der Waals surface area contributed by atoms with Crippen LogP contribution in [0.4, 0.5) is 5.82 Å². The summed E-state index contributed by atoms with van der Waals surface area (Å²) in [6, 6.07) is 7.20. The molecule has 1 amide bonds. The van der Waals surface area contributed by atoms with E-state index in [4.69, 9.17) is 10.5 Å². The van der Waals surface area contributed by atoms with E-state index < -0.39 is 0 Å². The van der Waals surface area contributed by atoms with Crippen LogP contribution in [-0.4, -0.2) is 34.6 Å². The van der Waals surface area contributed by atoms with E-state index in [1.807, 2.05) is 6.92 Å². The summed E-state index contributed by atoms with van der Waals surface area (Å²) in [5.41, 5.74) is 6.67. The SMILES string of the molecule is CCOc1ccc(-n2nnc(C(=O)NC)c2N)cc1. The summed E-state index contributed by atoms with van der Waals surface area (Å²) in [5.74, 6) is 0.592. The molecule has 0 bridgehead atoms. The number of rotatable bonds is 4. The highest BCUT2D eigenvalue weighted by Crippen LogP contribution is 2.18. The number of benzene rings is 1. The summed E-state index contributed by atoms with van der Waals surface area (Å²) >= 11 is 0. The predicted octanol–water partition coefficient (Wildman–Crippen LogP) is 0.608. The zero-order valence-electron chi connectivity index (χ0n) is 10.8. The van der Waals surface area contributed by atoms with Gasteiger partial charge in [-0.1, -0.05) is 5.21 Å². The molecule has 0 aliphatic rings. The Kier molecular flexibility index (Phi) is 3.65. The van der Waals surface area contributed by atoms with Crippen LogP contribution in [0.15, 0.2) is 24.3 Å². The average molecular weight is 261 g/mol. The van der Waals surface area contributed by atoms with Crippen LogP contribution < -0.4 is 15.8 Å². The standard InChI is InChI=1S/C12H15N5O2/c1-3-19-9-6-4-8(5-7-9)17-11(13)10(15-16-17)12(18)14-2/h4-7H,3,13H2,1-2H3,(H,14,18). The molecule has 0 spiro atoms. The third-order valence-electron chi connectivity index (χ3n) is 2.54. The number of amides is 1. The Labute approximate surface area is 110 Å². The molecule has 3 N–H and O–H groups in total. The highest BCUT2D eigenvalue weighted by atomic mass is 16.5. The van der Waals surface area contributed by atoms with Gasteiger partial charge in [0.15, 0.2) is 11.5 Å². The monoisotopic (exact) mass is 261 g/mol. The number of hydrogen-bond acceptors (Lipinski definition) is 5. The number of carbonyl (C=O) groups is 1. The molecule has 0 fully saturated rings. The van der Waals surface area contributed by atoms with Gasteiger partial charge < -0.3 is 15.8 Å². The topological polar surface area (TPSA) is 95.1 Å². The van der Waals surface area contributed by atoms with Crippen molar-refractivity contribution in [3.05, 3.63) is 30.0 Å². The summed E-state index contributed by atoms with van der Waals surface area (Å²) in [6.45, 7) is 2.52. The minimum absolute atomic E-state index is 0.108. The fourth-order valence-electron chi connectivity index (χ4n) is 1.61. The zero-order chi connectivity index (χ0) is 13.8. The van der Waals surface area contributed by atoms with Crippen molar-refractivity contribution >= 4 is 11.7 Å². The largest absolute Gasteiger partial charge is 0.494 e. The molecule has 0 saturated carbocycles. The molecule has 0 saturated heterocycles. The molecule has 0 aliphatic carbocycles. The molecule has 0 aliphatic heterocycles. The lowest BCUT2D eigenvalue weighted by Crippen LogP contribution is -2.19. The zero-order valence-corrected chi connectivity index (χ0v) is 10.8. The first-order valence-corrected chi connectivity index (χ1v) is 5.83. The molecular weight excluding hydrogens is 246 g/mol. The molecule has 19 heavy (non-hydrogen) atoms. The minimum atomic E-state index is -0.366. The number of nitrogens with one attached hydrogen (secondary N) is 1.